The molecule has 1 saturated heterocycles. The van der Waals surface area contributed by atoms with Crippen molar-refractivity contribution in [2.75, 3.05) is 32.2 Å². The maximum atomic E-state index is 13.3. The molecule has 2 unspecified atom stereocenters. The highest BCUT2D eigenvalue weighted by Crippen LogP contribution is 2.43. The molecule has 0 spiro atoms. The number of halogens is 3. The van der Waals surface area contributed by atoms with Crippen LogP contribution in [0.2, 0.25) is 0 Å². The summed E-state index contributed by atoms with van der Waals surface area (Å²) in [5.41, 5.74) is -0.191. The van der Waals surface area contributed by atoms with E-state index in [2.05, 4.69) is 26.3 Å². The first-order valence-electron chi connectivity index (χ1n) is 10.7. The third-order valence-electron chi connectivity index (χ3n) is 6.78. The second-order valence-electron chi connectivity index (χ2n) is 8.41. The summed E-state index contributed by atoms with van der Waals surface area (Å²) in [4.78, 5) is 10.6. The number of ether oxygens (including phenoxy) is 3. The molecule has 32 heavy (non-hydrogen) atoms. The van der Waals surface area contributed by atoms with Crippen LogP contribution in [0.25, 0.3) is 11.0 Å². The summed E-state index contributed by atoms with van der Waals surface area (Å²) in [6.45, 7) is 1.62. The van der Waals surface area contributed by atoms with Gasteiger partial charge in [0.15, 0.2) is 0 Å². The van der Waals surface area contributed by atoms with Crippen molar-refractivity contribution in [3.63, 3.8) is 0 Å². The monoisotopic (exact) mass is 450 g/mol. The largest absolute Gasteiger partial charge is 0.497 e. The summed E-state index contributed by atoms with van der Waals surface area (Å²) in [6.07, 6.45) is 4.02. The third kappa shape index (κ3) is 3.65. The van der Waals surface area contributed by atoms with Crippen LogP contribution in [0.1, 0.15) is 31.4 Å². The summed E-state index contributed by atoms with van der Waals surface area (Å²) in [5.74, 6) is 1.18. The Balaban J connectivity index is 1.57. The van der Waals surface area contributed by atoms with Crippen molar-refractivity contribution in [3.8, 4) is 0 Å². The highest BCUT2D eigenvalue weighted by atomic mass is 19.4. The van der Waals surface area contributed by atoms with E-state index in [0.717, 1.165) is 30.2 Å². The van der Waals surface area contributed by atoms with Gasteiger partial charge in [-0.15, -0.1) is 0 Å². The van der Waals surface area contributed by atoms with Gasteiger partial charge in [-0.05, 0) is 12.5 Å². The summed E-state index contributed by atoms with van der Waals surface area (Å²) in [5, 5.41) is 3.74. The molecule has 1 aliphatic carbocycles. The van der Waals surface area contributed by atoms with E-state index in [4.69, 9.17) is 14.2 Å². The standard InChI is InChI=1S/C22H25F3N4O3/c1-30-21(6-8-31-9-7-21)15-11-32-16-5-3-2-4-13(16)18(15)29-20-14-10-17(22(23,24)25)28-19(14)26-12-27-20/h2,4,10,12,15,18H,3,5-9,11H2,1H3,(H2,26,27,28,29). The molecule has 2 aromatic rings. The summed E-state index contributed by atoms with van der Waals surface area (Å²) >= 11 is 0. The normalized spacial score (nSPS) is 25.5. The first-order chi connectivity index (χ1) is 15.4. The van der Waals surface area contributed by atoms with Gasteiger partial charge in [-0.3, -0.25) is 0 Å². The summed E-state index contributed by atoms with van der Waals surface area (Å²) in [7, 11) is 1.70. The number of hydrogen-bond acceptors (Lipinski definition) is 6. The molecule has 4 heterocycles. The van der Waals surface area contributed by atoms with E-state index >= 15 is 0 Å². The molecule has 0 aromatic carbocycles. The predicted octanol–water partition coefficient (Wildman–Crippen LogP) is 4.20. The van der Waals surface area contributed by atoms with Crippen molar-refractivity contribution in [2.45, 2.75) is 43.5 Å². The maximum absolute atomic E-state index is 13.3. The van der Waals surface area contributed by atoms with Crippen molar-refractivity contribution < 1.29 is 27.4 Å². The zero-order valence-corrected chi connectivity index (χ0v) is 17.7. The van der Waals surface area contributed by atoms with Gasteiger partial charge in [0.2, 0.25) is 0 Å². The molecule has 2 atom stereocenters. The van der Waals surface area contributed by atoms with E-state index < -0.39 is 17.5 Å². The number of rotatable bonds is 4. The first kappa shape index (κ1) is 21.3. The minimum atomic E-state index is -4.50. The number of H-pyrrole nitrogens is 1. The highest BCUT2D eigenvalue weighted by Gasteiger charge is 2.48. The molecule has 5 rings (SSSR count). The van der Waals surface area contributed by atoms with Crippen molar-refractivity contribution in [1.29, 1.82) is 0 Å². The first-order valence-corrected chi connectivity index (χ1v) is 10.7. The van der Waals surface area contributed by atoms with Gasteiger partial charge in [0.25, 0.3) is 0 Å². The van der Waals surface area contributed by atoms with Gasteiger partial charge in [0.05, 0.1) is 23.6 Å². The average Bonchev–Trinajstić information content (AvgIpc) is 3.26. The molecule has 2 N–H and O–H groups in total. The molecule has 7 nitrogen and oxygen atoms in total. The van der Waals surface area contributed by atoms with Crippen LogP contribution >= 0.6 is 0 Å². The molecule has 0 bridgehead atoms. The number of anilines is 1. The molecular formula is C22H25F3N4O3. The molecule has 3 aliphatic rings. The smallest absolute Gasteiger partial charge is 0.431 e. The minimum Gasteiger partial charge on any atom is -0.497 e. The van der Waals surface area contributed by atoms with E-state index in [1.165, 1.54) is 6.33 Å². The van der Waals surface area contributed by atoms with E-state index in [1.54, 1.807) is 7.11 Å². The number of allylic oxidation sites excluding steroid dienone is 2. The number of aromatic amines is 1. The third-order valence-corrected chi connectivity index (χ3v) is 6.78. The second kappa shape index (κ2) is 8.08. The fourth-order valence-electron chi connectivity index (χ4n) is 5.03. The van der Waals surface area contributed by atoms with Crippen LogP contribution in [-0.2, 0) is 20.4 Å². The Bertz CT molecular complexity index is 1060. The Morgan fingerprint density at radius 2 is 2.06 bits per heavy atom. The molecular weight excluding hydrogens is 425 g/mol. The maximum Gasteiger partial charge on any atom is 0.431 e. The molecule has 172 valence electrons. The van der Waals surface area contributed by atoms with Crippen molar-refractivity contribution in [3.05, 3.63) is 41.6 Å². The number of hydrogen-bond donors (Lipinski definition) is 2. The van der Waals surface area contributed by atoms with E-state index in [9.17, 15) is 13.2 Å². The van der Waals surface area contributed by atoms with Gasteiger partial charge in [-0.2, -0.15) is 13.2 Å². The van der Waals surface area contributed by atoms with Crippen molar-refractivity contribution >= 4 is 16.9 Å². The van der Waals surface area contributed by atoms with Gasteiger partial charge in [0.1, 0.15) is 29.2 Å². The van der Waals surface area contributed by atoms with E-state index in [1.807, 2.05) is 6.08 Å². The molecule has 1 fully saturated rings. The lowest BCUT2D eigenvalue weighted by atomic mass is 9.73. The van der Waals surface area contributed by atoms with Crippen LogP contribution < -0.4 is 5.32 Å². The van der Waals surface area contributed by atoms with Crippen molar-refractivity contribution in [2.24, 2.45) is 5.92 Å². The quantitative estimate of drug-likeness (QED) is 0.727. The molecule has 10 heteroatoms. The number of nitrogens with zero attached hydrogens (tertiary/aromatic N) is 2. The SMILES string of the molecule is COC1(C2COC3=C(C=CCC3)C2Nc2ncnc3[nH]c(C(F)(F)F)cc23)CCOCC1. The lowest BCUT2D eigenvalue weighted by Crippen LogP contribution is -2.55. The zero-order chi connectivity index (χ0) is 22.3. The number of aromatic nitrogens is 3. The topological polar surface area (TPSA) is 81.3 Å². The summed E-state index contributed by atoms with van der Waals surface area (Å²) < 4.78 is 57.6. The predicted molar refractivity (Wildman–Crippen MR) is 111 cm³/mol. The summed E-state index contributed by atoms with van der Waals surface area (Å²) in [6, 6.07) is 0.814. The molecule has 0 saturated carbocycles. The van der Waals surface area contributed by atoms with Crippen LogP contribution in [-0.4, -0.2) is 53.5 Å². The fourth-order valence-corrected chi connectivity index (χ4v) is 5.03. The van der Waals surface area contributed by atoms with Crippen LogP contribution in [0.5, 0.6) is 0 Å². The van der Waals surface area contributed by atoms with Crippen LogP contribution in [0.3, 0.4) is 0 Å². The van der Waals surface area contributed by atoms with Crippen LogP contribution in [0.15, 0.2) is 35.9 Å². The minimum absolute atomic E-state index is 0.0797. The van der Waals surface area contributed by atoms with Crippen LogP contribution in [0, 0.1) is 5.92 Å². The van der Waals surface area contributed by atoms with Crippen LogP contribution in [0.4, 0.5) is 19.0 Å². The van der Waals surface area contributed by atoms with Gasteiger partial charge in [0, 0.05) is 51.1 Å². The highest BCUT2D eigenvalue weighted by molar-refractivity contribution is 5.88. The number of nitrogens with one attached hydrogen (secondary N) is 2. The zero-order valence-electron chi connectivity index (χ0n) is 17.7. The molecule has 2 aromatic heterocycles. The molecule has 0 amide bonds. The second-order valence-corrected chi connectivity index (χ2v) is 8.41. The van der Waals surface area contributed by atoms with Crippen molar-refractivity contribution in [1.82, 2.24) is 15.0 Å². The Labute approximate surface area is 183 Å². The lowest BCUT2D eigenvalue weighted by Gasteiger charge is -2.48. The Hall–Kier alpha value is -2.59. The number of alkyl halides is 3. The Morgan fingerprint density at radius 1 is 1.25 bits per heavy atom. The Kier molecular flexibility index (Phi) is 5.37. The van der Waals surface area contributed by atoms with Gasteiger partial charge in [-0.1, -0.05) is 12.2 Å². The van der Waals surface area contributed by atoms with Gasteiger partial charge >= 0.3 is 6.18 Å². The van der Waals surface area contributed by atoms with E-state index in [-0.39, 0.29) is 17.6 Å². The number of fused-ring (bicyclic) bond motifs is 1. The average molecular weight is 450 g/mol. The lowest BCUT2D eigenvalue weighted by molar-refractivity contribution is -0.141. The molecule has 0 radical (unpaired) electrons. The van der Waals surface area contributed by atoms with E-state index in [0.29, 0.717) is 43.9 Å². The number of methoxy groups -OCH3 is 1. The van der Waals surface area contributed by atoms with Gasteiger partial charge in [-0.25, -0.2) is 9.97 Å². The molecule has 2 aliphatic heterocycles. The van der Waals surface area contributed by atoms with Gasteiger partial charge < -0.3 is 24.5 Å². The fraction of sp³-hybridized carbons (Fsp3) is 0.545. The Morgan fingerprint density at radius 3 is 2.81 bits per heavy atom.